The molecule has 0 radical (unpaired) electrons. The smallest absolute Gasteiger partial charge is 0.155 e. The average molecular weight is 534 g/mol. The van der Waals surface area contributed by atoms with Crippen LogP contribution in [-0.4, -0.2) is 61.3 Å². The molecule has 0 saturated carbocycles. The van der Waals surface area contributed by atoms with Crippen LogP contribution >= 0.6 is 0 Å². The Morgan fingerprint density at radius 3 is 2.67 bits per heavy atom. The maximum atomic E-state index is 14.7. The van der Waals surface area contributed by atoms with Crippen LogP contribution in [0.3, 0.4) is 0 Å². The van der Waals surface area contributed by atoms with Crippen molar-refractivity contribution in [3.05, 3.63) is 78.6 Å². The van der Waals surface area contributed by atoms with Crippen LogP contribution in [0, 0.1) is 12.7 Å². The number of likely N-dealkylation sites (tertiary alicyclic amines) is 1. The molecule has 1 aliphatic heterocycles. The third-order valence-electron chi connectivity index (χ3n) is 7.61. The first kappa shape index (κ1) is 24.4. The van der Waals surface area contributed by atoms with E-state index >= 15 is 0 Å². The lowest BCUT2D eigenvalue weighted by Crippen LogP contribution is -2.25. The summed E-state index contributed by atoms with van der Waals surface area (Å²) in [6.07, 6.45) is 9.65. The van der Waals surface area contributed by atoms with Gasteiger partial charge in [0.2, 0.25) is 0 Å². The van der Waals surface area contributed by atoms with Gasteiger partial charge in [-0.15, -0.1) is 0 Å². The largest absolute Gasteiger partial charge is 0.492 e. The number of aromatic nitrogens is 6. The van der Waals surface area contributed by atoms with E-state index in [0.717, 1.165) is 69.6 Å². The van der Waals surface area contributed by atoms with E-state index in [1.165, 1.54) is 25.0 Å². The van der Waals surface area contributed by atoms with Gasteiger partial charge in [0.15, 0.2) is 5.65 Å². The van der Waals surface area contributed by atoms with E-state index in [-0.39, 0.29) is 5.82 Å². The first-order chi connectivity index (χ1) is 19.6. The number of aryl methyl sites for hydroxylation is 1. The Kier molecular flexibility index (Phi) is 6.20. The second-order valence-corrected chi connectivity index (χ2v) is 10.3. The van der Waals surface area contributed by atoms with Crippen LogP contribution in [0.25, 0.3) is 55.7 Å². The number of hydrogen-bond donors (Lipinski definition) is 2. The number of benzene rings is 1. The van der Waals surface area contributed by atoms with Crippen molar-refractivity contribution in [1.82, 2.24) is 35.0 Å². The fourth-order valence-corrected chi connectivity index (χ4v) is 5.53. The molecule has 0 aliphatic carbocycles. The van der Waals surface area contributed by atoms with Crippen LogP contribution in [0.4, 0.5) is 4.39 Å². The maximum Gasteiger partial charge on any atom is 0.155 e. The molecule has 40 heavy (non-hydrogen) atoms. The number of nitrogens with zero attached hydrogens (tertiary/aromatic N) is 5. The number of pyridine rings is 3. The van der Waals surface area contributed by atoms with E-state index in [2.05, 4.69) is 48.0 Å². The number of halogens is 1. The molecular formula is C31H28FN7O. The lowest BCUT2D eigenvalue weighted by atomic mass is 10.0. The molecule has 0 unspecified atom stereocenters. The summed E-state index contributed by atoms with van der Waals surface area (Å²) in [5.41, 5.74) is 7.61. The molecule has 5 aromatic heterocycles. The van der Waals surface area contributed by atoms with E-state index in [0.29, 0.717) is 23.7 Å². The molecular weight excluding hydrogens is 505 g/mol. The van der Waals surface area contributed by atoms with Crippen molar-refractivity contribution >= 4 is 22.1 Å². The molecule has 7 rings (SSSR count). The van der Waals surface area contributed by atoms with E-state index in [9.17, 15) is 4.39 Å². The van der Waals surface area contributed by atoms with Crippen molar-refractivity contribution in [1.29, 1.82) is 0 Å². The average Bonchev–Trinajstić information content (AvgIpc) is 3.72. The summed E-state index contributed by atoms with van der Waals surface area (Å²) < 4.78 is 20.7. The first-order valence-corrected chi connectivity index (χ1v) is 13.5. The van der Waals surface area contributed by atoms with Gasteiger partial charge in [-0.3, -0.25) is 15.0 Å². The second-order valence-electron chi connectivity index (χ2n) is 10.3. The molecule has 8 nitrogen and oxygen atoms in total. The number of H-pyrrole nitrogens is 2. The van der Waals surface area contributed by atoms with Crippen LogP contribution in [0.1, 0.15) is 18.4 Å². The number of nitrogens with one attached hydrogen (secondary N) is 2. The van der Waals surface area contributed by atoms with Gasteiger partial charge in [-0.1, -0.05) is 0 Å². The van der Waals surface area contributed by atoms with Crippen LogP contribution in [0.2, 0.25) is 0 Å². The van der Waals surface area contributed by atoms with Crippen LogP contribution in [-0.2, 0) is 0 Å². The lowest BCUT2D eigenvalue weighted by molar-refractivity contribution is 0.237. The molecule has 1 aromatic carbocycles. The van der Waals surface area contributed by atoms with E-state index in [1.807, 2.05) is 36.7 Å². The van der Waals surface area contributed by atoms with Crippen LogP contribution in [0.5, 0.6) is 5.75 Å². The zero-order valence-electron chi connectivity index (χ0n) is 22.1. The third kappa shape index (κ3) is 4.58. The molecule has 0 bridgehead atoms. The van der Waals surface area contributed by atoms with Crippen molar-refractivity contribution in [2.24, 2.45) is 0 Å². The Morgan fingerprint density at radius 2 is 1.80 bits per heavy atom. The van der Waals surface area contributed by atoms with Crippen molar-refractivity contribution in [2.45, 2.75) is 19.8 Å². The van der Waals surface area contributed by atoms with Gasteiger partial charge in [0.05, 0.1) is 5.69 Å². The van der Waals surface area contributed by atoms with E-state index in [1.54, 1.807) is 12.4 Å². The fraction of sp³-hybridized carbons (Fsp3) is 0.226. The van der Waals surface area contributed by atoms with Gasteiger partial charge in [0, 0.05) is 59.3 Å². The highest BCUT2D eigenvalue weighted by molar-refractivity contribution is 6.00. The van der Waals surface area contributed by atoms with Gasteiger partial charge in [-0.25, -0.2) is 14.4 Å². The first-order valence-electron chi connectivity index (χ1n) is 13.5. The summed E-state index contributed by atoms with van der Waals surface area (Å²) in [5.74, 6) is 0.189. The molecule has 6 heterocycles. The number of rotatable bonds is 7. The highest BCUT2D eigenvalue weighted by Gasteiger charge is 2.17. The van der Waals surface area contributed by atoms with Crippen LogP contribution < -0.4 is 4.74 Å². The molecule has 6 aromatic rings. The Hall–Kier alpha value is -4.63. The lowest BCUT2D eigenvalue weighted by Gasteiger charge is -2.15. The fourth-order valence-electron chi connectivity index (χ4n) is 5.53. The van der Waals surface area contributed by atoms with Gasteiger partial charge < -0.3 is 9.72 Å². The summed E-state index contributed by atoms with van der Waals surface area (Å²) in [7, 11) is 0. The molecule has 1 saturated heterocycles. The maximum absolute atomic E-state index is 14.7. The van der Waals surface area contributed by atoms with Gasteiger partial charge in [0.1, 0.15) is 29.5 Å². The number of aromatic amines is 2. The number of fused-ring (bicyclic) bond motifs is 2. The molecule has 0 spiro atoms. The Labute approximate surface area is 230 Å². The SMILES string of the molecule is Cc1ccncc1-c1cnc2[nH]nc(-c3cc4c(-c5cc(F)cc(OCCN6CCCC6)c5)ccnc4[nH]3)c2c1. The Morgan fingerprint density at radius 1 is 0.900 bits per heavy atom. The summed E-state index contributed by atoms with van der Waals surface area (Å²) >= 11 is 0. The summed E-state index contributed by atoms with van der Waals surface area (Å²) in [6.45, 7) is 5.65. The molecule has 1 aliphatic rings. The second kappa shape index (κ2) is 10.2. The highest BCUT2D eigenvalue weighted by Crippen LogP contribution is 2.35. The van der Waals surface area contributed by atoms with E-state index < -0.39 is 0 Å². The van der Waals surface area contributed by atoms with Gasteiger partial charge >= 0.3 is 0 Å². The zero-order chi connectivity index (χ0) is 27.1. The predicted octanol–water partition coefficient (Wildman–Crippen LogP) is 6.15. The quantitative estimate of drug-likeness (QED) is 0.256. The Bertz CT molecular complexity index is 1840. The molecule has 0 amide bonds. The van der Waals surface area contributed by atoms with Crippen molar-refractivity contribution in [3.8, 4) is 39.4 Å². The Balaban J connectivity index is 1.24. The normalized spacial score (nSPS) is 13.9. The van der Waals surface area contributed by atoms with Crippen molar-refractivity contribution in [2.75, 3.05) is 26.2 Å². The van der Waals surface area contributed by atoms with Gasteiger partial charge in [-0.05, 0) is 85.9 Å². The molecule has 0 atom stereocenters. The third-order valence-corrected chi connectivity index (χ3v) is 7.61. The van der Waals surface area contributed by atoms with Crippen molar-refractivity contribution < 1.29 is 9.13 Å². The number of hydrogen-bond acceptors (Lipinski definition) is 6. The molecule has 2 N–H and O–H groups in total. The summed E-state index contributed by atoms with van der Waals surface area (Å²) in [5, 5.41) is 9.36. The monoisotopic (exact) mass is 533 g/mol. The highest BCUT2D eigenvalue weighted by atomic mass is 19.1. The zero-order valence-corrected chi connectivity index (χ0v) is 22.1. The van der Waals surface area contributed by atoms with Crippen molar-refractivity contribution in [3.63, 3.8) is 0 Å². The molecule has 200 valence electrons. The van der Waals surface area contributed by atoms with Gasteiger partial charge in [0.25, 0.3) is 0 Å². The summed E-state index contributed by atoms with van der Waals surface area (Å²) in [4.78, 5) is 19.2. The van der Waals surface area contributed by atoms with E-state index in [4.69, 9.17) is 4.74 Å². The summed E-state index contributed by atoms with van der Waals surface area (Å²) in [6, 6.07) is 12.8. The molecule has 9 heteroatoms. The minimum absolute atomic E-state index is 0.336. The topological polar surface area (TPSA) is 95.6 Å². The predicted molar refractivity (Wildman–Crippen MR) is 154 cm³/mol. The standard InChI is InChI=1S/C31H28FN7O/c1-19-4-6-33-18-27(19)21-14-26-29(37-38-31(26)35-17-21)28-16-25-24(5-7-34-30(25)36-28)20-12-22(32)15-23(13-20)40-11-10-39-8-2-3-9-39/h4-7,12-18H,2-3,8-11H2,1H3,(H,34,36)(H,35,37,38). The minimum Gasteiger partial charge on any atom is -0.492 e. The minimum atomic E-state index is -0.336. The van der Waals surface area contributed by atoms with Gasteiger partial charge in [-0.2, -0.15) is 5.10 Å². The van der Waals surface area contributed by atoms with Crippen LogP contribution in [0.15, 0.2) is 67.3 Å². The number of ether oxygens (including phenoxy) is 1. The molecule has 1 fully saturated rings.